The number of carbonyl (C=O) groups is 3. The maximum absolute atomic E-state index is 13.3. The van der Waals surface area contributed by atoms with E-state index in [4.69, 9.17) is 21.1 Å². The third-order valence-corrected chi connectivity index (χ3v) is 7.01. The van der Waals surface area contributed by atoms with Gasteiger partial charge in [-0.1, -0.05) is 23.7 Å². The van der Waals surface area contributed by atoms with Crippen LogP contribution in [-0.4, -0.2) is 35.6 Å². The summed E-state index contributed by atoms with van der Waals surface area (Å²) in [6.07, 6.45) is 1.50. The molecule has 1 fully saturated rings. The standard InChI is InChI=1S/C26H18BrClF2N2O5S/c1-36-21-9-15(8-18(27)24(21)37-13-14-2-4-16(29)5-3-14)10-22-25(34)32(26(35)38-22)12-23(33)31-17-6-7-20(30)19(28)11-17/h2-11H,12-13H2,1H3,(H,31,33)/b22-10+. The van der Waals surface area contributed by atoms with Gasteiger partial charge in [0.2, 0.25) is 5.91 Å². The predicted molar refractivity (Wildman–Crippen MR) is 144 cm³/mol. The van der Waals surface area contributed by atoms with Crippen molar-refractivity contribution in [2.45, 2.75) is 6.61 Å². The monoisotopic (exact) mass is 622 g/mol. The average Bonchev–Trinajstić information content (AvgIpc) is 3.13. The van der Waals surface area contributed by atoms with Crippen LogP contribution in [0.5, 0.6) is 11.5 Å². The molecule has 3 aromatic carbocycles. The Labute approximate surface area is 233 Å². The summed E-state index contributed by atoms with van der Waals surface area (Å²) in [6.45, 7) is -0.361. The summed E-state index contributed by atoms with van der Waals surface area (Å²) >= 11 is 9.84. The van der Waals surface area contributed by atoms with E-state index in [1.165, 1.54) is 37.5 Å². The minimum absolute atomic E-state index is 0.113. The zero-order valence-corrected chi connectivity index (χ0v) is 22.8. The summed E-state index contributed by atoms with van der Waals surface area (Å²) in [6, 6.07) is 12.8. The van der Waals surface area contributed by atoms with Gasteiger partial charge in [0.15, 0.2) is 11.5 Å². The zero-order chi connectivity index (χ0) is 27.4. The first-order valence-electron chi connectivity index (χ1n) is 10.9. The van der Waals surface area contributed by atoms with Crippen LogP contribution in [0, 0.1) is 11.6 Å². The number of nitrogens with one attached hydrogen (secondary N) is 1. The Morgan fingerprint density at radius 3 is 2.55 bits per heavy atom. The van der Waals surface area contributed by atoms with E-state index in [2.05, 4.69) is 21.2 Å². The predicted octanol–water partition coefficient (Wildman–Crippen LogP) is 6.64. The van der Waals surface area contributed by atoms with E-state index in [0.717, 1.165) is 16.5 Å². The maximum Gasteiger partial charge on any atom is 0.294 e. The van der Waals surface area contributed by atoms with Crippen LogP contribution >= 0.6 is 39.3 Å². The van der Waals surface area contributed by atoms with Crippen molar-refractivity contribution < 1.29 is 32.6 Å². The summed E-state index contributed by atoms with van der Waals surface area (Å²) in [7, 11) is 1.46. The second-order valence-corrected chi connectivity index (χ2v) is 10.1. The van der Waals surface area contributed by atoms with Crippen molar-refractivity contribution in [1.29, 1.82) is 0 Å². The molecule has 0 spiro atoms. The Morgan fingerprint density at radius 2 is 1.87 bits per heavy atom. The molecule has 0 unspecified atom stereocenters. The lowest BCUT2D eigenvalue weighted by atomic mass is 10.1. The molecule has 0 bridgehead atoms. The fraction of sp³-hybridized carbons (Fsp3) is 0.115. The van der Waals surface area contributed by atoms with Crippen LogP contribution in [0.2, 0.25) is 5.02 Å². The zero-order valence-electron chi connectivity index (χ0n) is 19.6. The summed E-state index contributed by atoms with van der Waals surface area (Å²) in [4.78, 5) is 38.6. The van der Waals surface area contributed by atoms with Crippen LogP contribution in [0.15, 0.2) is 64.0 Å². The molecular formula is C26H18BrClF2N2O5S. The summed E-state index contributed by atoms with van der Waals surface area (Å²) < 4.78 is 38.3. The highest BCUT2D eigenvalue weighted by molar-refractivity contribution is 9.10. The van der Waals surface area contributed by atoms with E-state index in [0.29, 0.717) is 33.3 Å². The van der Waals surface area contributed by atoms with E-state index < -0.39 is 29.4 Å². The van der Waals surface area contributed by atoms with Gasteiger partial charge in [-0.25, -0.2) is 8.78 Å². The lowest BCUT2D eigenvalue weighted by molar-refractivity contribution is -0.127. The first-order valence-corrected chi connectivity index (χ1v) is 12.9. The van der Waals surface area contributed by atoms with Crippen LogP contribution in [0.25, 0.3) is 6.08 Å². The fourth-order valence-electron chi connectivity index (χ4n) is 3.40. The number of rotatable bonds is 8. The van der Waals surface area contributed by atoms with Crippen molar-refractivity contribution in [2.24, 2.45) is 0 Å². The molecule has 0 aliphatic carbocycles. The van der Waals surface area contributed by atoms with Gasteiger partial charge in [0.05, 0.1) is 21.5 Å². The van der Waals surface area contributed by atoms with E-state index in [9.17, 15) is 23.2 Å². The summed E-state index contributed by atoms with van der Waals surface area (Å²) in [5, 5.41) is 1.69. The molecule has 1 aliphatic rings. The van der Waals surface area contributed by atoms with Gasteiger partial charge < -0.3 is 14.8 Å². The van der Waals surface area contributed by atoms with Crippen molar-refractivity contribution in [3.63, 3.8) is 0 Å². The minimum atomic E-state index is -0.650. The van der Waals surface area contributed by atoms with Gasteiger partial charge in [0, 0.05) is 5.69 Å². The molecule has 1 saturated heterocycles. The minimum Gasteiger partial charge on any atom is -0.493 e. The van der Waals surface area contributed by atoms with Gasteiger partial charge in [-0.2, -0.15) is 0 Å². The molecule has 1 aliphatic heterocycles. The van der Waals surface area contributed by atoms with Crippen LogP contribution in [0.3, 0.4) is 0 Å². The molecule has 196 valence electrons. The number of carbonyl (C=O) groups excluding carboxylic acids is 3. The highest BCUT2D eigenvalue weighted by atomic mass is 79.9. The quantitative estimate of drug-likeness (QED) is 0.283. The Kier molecular flexibility index (Phi) is 8.70. The van der Waals surface area contributed by atoms with Crippen molar-refractivity contribution in [3.8, 4) is 11.5 Å². The van der Waals surface area contributed by atoms with Gasteiger partial charge in [-0.3, -0.25) is 19.3 Å². The maximum atomic E-state index is 13.3. The number of halogens is 4. The van der Waals surface area contributed by atoms with Crippen molar-refractivity contribution in [3.05, 3.63) is 91.8 Å². The fourth-order valence-corrected chi connectivity index (χ4v) is 5.00. The number of amides is 3. The number of thioether (sulfide) groups is 1. The molecule has 7 nitrogen and oxygen atoms in total. The molecule has 4 rings (SSSR count). The van der Waals surface area contributed by atoms with E-state index >= 15 is 0 Å². The third-order valence-electron chi connectivity index (χ3n) is 5.22. The van der Waals surface area contributed by atoms with Gasteiger partial charge in [0.25, 0.3) is 11.1 Å². The van der Waals surface area contributed by atoms with Crippen LogP contribution in [0.4, 0.5) is 19.3 Å². The highest BCUT2D eigenvalue weighted by Gasteiger charge is 2.36. The Morgan fingerprint density at radius 1 is 1.13 bits per heavy atom. The van der Waals surface area contributed by atoms with Crippen LogP contribution < -0.4 is 14.8 Å². The average molecular weight is 624 g/mol. The lowest BCUT2D eigenvalue weighted by Crippen LogP contribution is -2.36. The number of hydrogen-bond donors (Lipinski definition) is 1. The molecule has 0 atom stereocenters. The SMILES string of the molecule is COc1cc(/C=C2/SC(=O)N(CC(=O)Nc3ccc(F)c(Cl)c3)C2=O)cc(Br)c1OCc1ccc(F)cc1. The number of nitrogens with zero attached hydrogens (tertiary/aromatic N) is 1. The van der Waals surface area contributed by atoms with E-state index in [-0.39, 0.29) is 28.0 Å². The molecule has 1 heterocycles. The highest BCUT2D eigenvalue weighted by Crippen LogP contribution is 2.39. The molecular weight excluding hydrogens is 606 g/mol. The Balaban J connectivity index is 1.46. The van der Waals surface area contributed by atoms with Crippen LogP contribution in [0.1, 0.15) is 11.1 Å². The van der Waals surface area contributed by atoms with Crippen LogP contribution in [-0.2, 0) is 16.2 Å². The van der Waals surface area contributed by atoms with Gasteiger partial charge >= 0.3 is 0 Å². The molecule has 12 heteroatoms. The number of ether oxygens (including phenoxy) is 2. The Hall–Kier alpha value is -3.41. The van der Waals surface area contributed by atoms with Gasteiger partial charge in [-0.15, -0.1) is 0 Å². The second-order valence-electron chi connectivity index (χ2n) is 7.89. The molecule has 3 aromatic rings. The molecule has 0 radical (unpaired) electrons. The molecule has 1 N–H and O–H groups in total. The van der Waals surface area contributed by atoms with Gasteiger partial charge in [-0.05, 0) is 87.4 Å². The topological polar surface area (TPSA) is 84.9 Å². The van der Waals surface area contributed by atoms with Crippen molar-refractivity contribution in [2.75, 3.05) is 19.0 Å². The first-order chi connectivity index (χ1) is 18.1. The largest absolute Gasteiger partial charge is 0.493 e. The smallest absolute Gasteiger partial charge is 0.294 e. The molecule has 0 aromatic heterocycles. The number of methoxy groups -OCH3 is 1. The third kappa shape index (κ3) is 6.53. The first kappa shape index (κ1) is 27.6. The normalized spacial score (nSPS) is 14.2. The van der Waals surface area contributed by atoms with E-state index in [1.54, 1.807) is 24.3 Å². The van der Waals surface area contributed by atoms with Crippen molar-refractivity contribution in [1.82, 2.24) is 4.90 Å². The number of imide groups is 1. The van der Waals surface area contributed by atoms with Gasteiger partial charge in [0.1, 0.15) is 24.8 Å². The Bertz CT molecular complexity index is 1450. The second kappa shape index (κ2) is 12.0. The molecule has 3 amide bonds. The van der Waals surface area contributed by atoms with Crippen molar-refractivity contribution >= 4 is 68.1 Å². The summed E-state index contributed by atoms with van der Waals surface area (Å²) in [5.41, 5.74) is 1.52. The number of anilines is 1. The molecule has 0 saturated carbocycles. The summed E-state index contributed by atoms with van der Waals surface area (Å²) in [5.74, 6) is -1.51. The van der Waals surface area contributed by atoms with E-state index in [1.807, 2.05) is 0 Å². The number of hydrogen-bond acceptors (Lipinski definition) is 6. The number of benzene rings is 3. The molecule has 38 heavy (non-hydrogen) atoms. The lowest BCUT2D eigenvalue weighted by Gasteiger charge is -2.14.